The van der Waals surface area contributed by atoms with Gasteiger partial charge in [-0.15, -0.1) is 0 Å². The molecule has 2 aromatic rings. The van der Waals surface area contributed by atoms with Crippen molar-refractivity contribution in [3.05, 3.63) is 53.8 Å². The average Bonchev–Trinajstić information content (AvgIpc) is 3.35. The molecule has 2 aliphatic rings. The van der Waals surface area contributed by atoms with E-state index in [4.69, 9.17) is 14.2 Å². The monoisotopic (exact) mass is 371 g/mol. The molecule has 0 saturated heterocycles. The summed E-state index contributed by atoms with van der Waals surface area (Å²) in [6, 6.07) is 11.8. The maximum absolute atomic E-state index is 13.3. The van der Waals surface area contributed by atoms with Gasteiger partial charge in [-0.1, -0.05) is 25.0 Å². The second kappa shape index (κ2) is 7.86. The Morgan fingerprint density at radius 3 is 2.74 bits per heavy atom. The van der Waals surface area contributed by atoms with E-state index in [-0.39, 0.29) is 31.2 Å². The Morgan fingerprint density at radius 1 is 1.11 bits per heavy atom. The van der Waals surface area contributed by atoms with E-state index < -0.39 is 0 Å². The molecule has 1 aliphatic heterocycles. The first-order valence-electron chi connectivity index (χ1n) is 9.25. The molecular formula is C21H22FNO4. The number of benzene rings is 2. The van der Waals surface area contributed by atoms with Crippen molar-refractivity contribution >= 4 is 5.91 Å². The third-order valence-corrected chi connectivity index (χ3v) is 5.03. The van der Waals surface area contributed by atoms with Crippen molar-refractivity contribution in [2.24, 2.45) is 0 Å². The van der Waals surface area contributed by atoms with Gasteiger partial charge in [-0.2, -0.15) is 0 Å². The first-order valence-corrected chi connectivity index (χ1v) is 9.25. The Bertz CT molecular complexity index is 820. The number of amides is 1. The average molecular weight is 371 g/mol. The van der Waals surface area contributed by atoms with Gasteiger partial charge >= 0.3 is 0 Å². The summed E-state index contributed by atoms with van der Waals surface area (Å²) >= 11 is 0. The second-order valence-corrected chi connectivity index (χ2v) is 6.89. The number of carbonyl (C=O) groups excluding carboxylic acids is 1. The normalized spacial score (nSPS) is 15.7. The number of hydrogen-bond donors (Lipinski definition) is 0. The van der Waals surface area contributed by atoms with Gasteiger partial charge in [0.05, 0.1) is 0 Å². The van der Waals surface area contributed by atoms with Gasteiger partial charge in [0.1, 0.15) is 11.6 Å². The summed E-state index contributed by atoms with van der Waals surface area (Å²) in [6.45, 7) is 0.614. The molecule has 0 atom stereocenters. The number of hydrogen-bond acceptors (Lipinski definition) is 4. The van der Waals surface area contributed by atoms with Crippen LogP contribution in [-0.2, 0) is 11.3 Å². The molecule has 0 radical (unpaired) electrons. The van der Waals surface area contributed by atoms with Crippen LogP contribution in [0.2, 0.25) is 0 Å². The van der Waals surface area contributed by atoms with E-state index in [1.807, 2.05) is 23.1 Å². The van der Waals surface area contributed by atoms with E-state index in [0.29, 0.717) is 18.0 Å². The molecule has 142 valence electrons. The molecule has 0 N–H and O–H groups in total. The summed E-state index contributed by atoms with van der Waals surface area (Å²) in [4.78, 5) is 14.8. The third-order valence-electron chi connectivity index (χ3n) is 5.03. The zero-order valence-corrected chi connectivity index (χ0v) is 15.0. The van der Waals surface area contributed by atoms with Crippen molar-refractivity contribution in [3.63, 3.8) is 0 Å². The standard InChI is InChI=1S/C21H22FNO4/c22-16-4-3-7-18(11-16)25-13-21(24)23(17-5-1-2-6-17)12-15-8-9-19-20(10-15)27-14-26-19/h3-4,7-11,17H,1-2,5-6,12-14H2. The SMILES string of the molecule is O=C(COc1cccc(F)c1)N(Cc1ccc2c(c1)OCO2)C1CCCC1. The minimum Gasteiger partial charge on any atom is -0.484 e. The lowest BCUT2D eigenvalue weighted by Gasteiger charge is -2.29. The molecule has 1 aliphatic carbocycles. The fourth-order valence-corrected chi connectivity index (χ4v) is 3.66. The highest BCUT2D eigenvalue weighted by atomic mass is 19.1. The molecular weight excluding hydrogens is 349 g/mol. The Balaban J connectivity index is 1.46. The molecule has 4 rings (SSSR count). The van der Waals surface area contributed by atoms with Crippen LogP contribution in [0.5, 0.6) is 17.2 Å². The molecule has 27 heavy (non-hydrogen) atoms. The lowest BCUT2D eigenvalue weighted by Crippen LogP contribution is -2.41. The van der Waals surface area contributed by atoms with E-state index in [1.165, 1.54) is 12.1 Å². The number of halogens is 1. The molecule has 0 unspecified atom stereocenters. The van der Waals surface area contributed by atoms with E-state index in [1.54, 1.807) is 12.1 Å². The molecule has 1 amide bonds. The van der Waals surface area contributed by atoms with E-state index in [9.17, 15) is 9.18 Å². The fraction of sp³-hybridized carbons (Fsp3) is 0.381. The molecule has 0 aromatic heterocycles. The molecule has 1 saturated carbocycles. The van der Waals surface area contributed by atoms with Gasteiger partial charge in [-0.25, -0.2) is 4.39 Å². The third kappa shape index (κ3) is 4.15. The van der Waals surface area contributed by atoms with Gasteiger partial charge in [0.2, 0.25) is 6.79 Å². The predicted molar refractivity (Wildman–Crippen MR) is 97.3 cm³/mol. The van der Waals surface area contributed by atoms with Crippen molar-refractivity contribution in [1.29, 1.82) is 0 Å². The minimum atomic E-state index is -0.382. The van der Waals surface area contributed by atoms with E-state index in [2.05, 4.69) is 0 Å². The van der Waals surface area contributed by atoms with E-state index in [0.717, 1.165) is 37.0 Å². The highest BCUT2D eigenvalue weighted by molar-refractivity contribution is 5.78. The Labute approximate surface area is 157 Å². The minimum absolute atomic E-state index is 0.0937. The zero-order chi connectivity index (χ0) is 18.6. The van der Waals surface area contributed by atoms with Crippen LogP contribution in [0.3, 0.4) is 0 Å². The van der Waals surface area contributed by atoms with Crippen molar-refractivity contribution in [2.45, 2.75) is 38.3 Å². The Hall–Kier alpha value is -2.76. The van der Waals surface area contributed by atoms with Crippen LogP contribution in [0, 0.1) is 5.82 Å². The summed E-state index contributed by atoms with van der Waals surface area (Å²) in [6.07, 6.45) is 4.24. The number of fused-ring (bicyclic) bond motifs is 1. The molecule has 1 heterocycles. The Kier molecular flexibility index (Phi) is 5.14. The van der Waals surface area contributed by atoms with Crippen LogP contribution >= 0.6 is 0 Å². The number of nitrogens with zero attached hydrogens (tertiary/aromatic N) is 1. The summed E-state index contributed by atoms with van der Waals surface area (Å²) in [5, 5.41) is 0. The lowest BCUT2D eigenvalue weighted by molar-refractivity contribution is -0.136. The fourth-order valence-electron chi connectivity index (χ4n) is 3.66. The summed E-state index contributed by atoms with van der Waals surface area (Å²) < 4.78 is 29.6. The van der Waals surface area contributed by atoms with Crippen LogP contribution in [0.25, 0.3) is 0 Å². The van der Waals surface area contributed by atoms with Crippen molar-refractivity contribution in [2.75, 3.05) is 13.4 Å². The summed E-state index contributed by atoms with van der Waals surface area (Å²) in [7, 11) is 0. The van der Waals surface area contributed by atoms with Gasteiger partial charge in [0.15, 0.2) is 18.1 Å². The van der Waals surface area contributed by atoms with Crippen LogP contribution in [-0.4, -0.2) is 30.2 Å². The first-order chi connectivity index (χ1) is 13.2. The molecule has 1 fully saturated rings. The molecule has 5 nitrogen and oxygen atoms in total. The van der Waals surface area contributed by atoms with Gasteiger partial charge in [-0.3, -0.25) is 4.79 Å². The van der Waals surface area contributed by atoms with Gasteiger partial charge in [0, 0.05) is 18.7 Å². The molecule has 6 heteroatoms. The maximum atomic E-state index is 13.3. The zero-order valence-electron chi connectivity index (χ0n) is 15.0. The van der Waals surface area contributed by atoms with Crippen molar-refractivity contribution < 1.29 is 23.4 Å². The lowest BCUT2D eigenvalue weighted by atomic mass is 10.1. The van der Waals surface area contributed by atoms with Crippen LogP contribution in [0.1, 0.15) is 31.2 Å². The number of rotatable bonds is 6. The van der Waals surface area contributed by atoms with Gasteiger partial charge in [0.25, 0.3) is 5.91 Å². The summed E-state index contributed by atoms with van der Waals surface area (Å²) in [5.74, 6) is 1.32. The van der Waals surface area contributed by atoms with Gasteiger partial charge in [-0.05, 0) is 42.7 Å². The second-order valence-electron chi connectivity index (χ2n) is 6.89. The van der Waals surface area contributed by atoms with Crippen molar-refractivity contribution in [1.82, 2.24) is 4.90 Å². The highest BCUT2D eigenvalue weighted by Crippen LogP contribution is 2.33. The molecule has 0 bridgehead atoms. The van der Waals surface area contributed by atoms with Crippen molar-refractivity contribution in [3.8, 4) is 17.2 Å². The maximum Gasteiger partial charge on any atom is 0.261 e. The predicted octanol–water partition coefficient (Wildman–Crippen LogP) is 3.90. The highest BCUT2D eigenvalue weighted by Gasteiger charge is 2.27. The molecule has 0 spiro atoms. The number of carbonyl (C=O) groups is 1. The van der Waals surface area contributed by atoms with Gasteiger partial charge < -0.3 is 19.1 Å². The summed E-state index contributed by atoms with van der Waals surface area (Å²) in [5.41, 5.74) is 0.991. The molecule has 2 aromatic carbocycles. The number of ether oxygens (including phenoxy) is 3. The van der Waals surface area contributed by atoms with Crippen LogP contribution < -0.4 is 14.2 Å². The smallest absolute Gasteiger partial charge is 0.261 e. The topological polar surface area (TPSA) is 48.0 Å². The Morgan fingerprint density at radius 2 is 1.93 bits per heavy atom. The largest absolute Gasteiger partial charge is 0.484 e. The quantitative estimate of drug-likeness (QED) is 0.773. The van der Waals surface area contributed by atoms with E-state index >= 15 is 0 Å². The van der Waals surface area contributed by atoms with Crippen LogP contribution in [0.4, 0.5) is 4.39 Å². The van der Waals surface area contributed by atoms with Crippen LogP contribution in [0.15, 0.2) is 42.5 Å². The first kappa shape index (κ1) is 17.6.